The van der Waals surface area contributed by atoms with Crippen molar-refractivity contribution < 1.29 is 8.78 Å². The standard InChI is InChI=1S/C21H28F2N4OS/c22-16-9-14(25-13-3-1-2-4-13)10-17-19(16)20(28)27-18(26-17)11-29-15-5-7-21(23,12-24)8-6-15/h9-10,13,15,25H,1-8,11-12,24H2,(H,26,27,28)/t15-,21-. The number of halogens is 2. The van der Waals surface area contributed by atoms with Gasteiger partial charge in [0.15, 0.2) is 0 Å². The van der Waals surface area contributed by atoms with Gasteiger partial charge in [-0.25, -0.2) is 13.8 Å². The highest BCUT2D eigenvalue weighted by molar-refractivity contribution is 7.99. The Labute approximate surface area is 173 Å². The second-order valence-electron chi connectivity index (χ2n) is 8.36. The van der Waals surface area contributed by atoms with Crippen LogP contribution in [0.3, 0.4) is 0 Å². The summed E-state index contributed by atoms with van der Waals surface area (Å²) < 4.78 is 28.8. The molecule has 5 nitrogen and oxygen atoms in total. The number of fused-ring (bicyclic) bond motifs is 1. The second-order valence-corrected chi connectivity index (χ2v) is 9.64. The van der Waals surface area contributed by atoms with Crippen LogP contribution in [0.5, 0.6) is 0 Å². The third-order valence-electron chi connectivity index (χ3n) is 6.19. The van der Waals surface area contributed by atoms with Crippen molar-refractivity contribution in [3.05, 3.63) is 34.1 Å². The molecule has 0 atom stereocenters. The maximum Gasteiger partial charge on any atom is 0.261 e. The summed E-state index contributed by atoms with van der Waals surface area (Å²) >= 11 is 1.66. The van der Waals surface area contributed by atoms with Gasteiger partial charge in [-0.15, -0.1) is 0 Å². The van der Waals surface area contributed by atoms with Crippen molar-refractivity contribution in [1.82, 2.24) is 9.97 Å². The monoisotopic (exact) mass is 422 g/mol. The van der Waals surface area contributed by atoms with E-state index in [0.717, 1.165) is 25.7 Å². The van der Waals surface area contributed by atoms with Crippen molar-refractivity contribution in [3.63, 3.8) is 0 Å². The Morgan fingerprint density at radius 2 is 1.97 bits per heavy atom. The molecule has 0 spiro atoms. The summed E-state index contributed by atoms with van der Waals surface area (Å²) in [4.78, 5) is 19.6. The van der Waals surface area contributed by atoms with Crippen molar-refractivity contribution in [3.8, 4) is 0 Å². The summed E-state index contributed by atoms with van der Waals surface area (Å²) in [6.45, 7) is 0.0761. The van der Waals surface area contributed by atoms with Crippen molar-refractivity contribution in [1.29, 1.82) is 0 Å². The lowest BCUT2D eigenvalue weighted by molar-refractivity contribution is 0.119. The number of alkyl halides is 1. The molecular formula is C21H28F2N4OS. The summed E-state index contributed by atoms with van der Waals surface area (Å²) in [5.74, 6) is 0.491. The molecule has 2 saturated carbocycles. The predicted octanol–water partition coefficient (Wildman–Crippen LogP) is 4.26. The molecule has 29 heavy (non-hydrogen) atoms. The summed E-state index contributed by atoms with van der Waals surface area (Å²) in [7, 11) is 0. The first kappa shape index (κ1) is 20.6. The number of hydrogen-bond acceptors (Lipinski definition) is 5. The zero-order valence-corrected chi connectivity index (χ0v) is 17.3. The molecule has 2 aromatic rings. The van der Waals surface area contributed by atoms with E-state index in [0.29, 0.717) is 46.9 Å². The number of anilines is 1. The van der Waals surface area contributed by atoms with Crippen molar-refractivity contribution >= 4 is 28.4 Å². The second kappa shape index (κ2) is 8.60. The fraction of sp³-hybridized carbons (Fsp3) is 0.619. The van der Waals surface area contributed by atoms with Crippen molar-refractivity contribution in [2.75, 3.05) is 11.9 Å². The van der Waals surface area contributed by atoms with Crippen LogP contribution in [0.4, 0.5) is 14.5 Å². The Morgan fingerprint density at radius 3 is 2.66 bits per heavy atom. The molecule has 2 aliphatic rings. The van der Waals surface area contributed by atoms with Gasteiger partial charge in [0.05, 0.1) is 11.3 Å². The third-order valence-corrected chi connectivity index (χ3v) is 7.57. The molecule has 1 aromatic heterocycles. The van der Waals surface area contributed by atoms with Gasteiger partial charge in [-0.05, 0) is 50.7 Å². The van der Waals surface area contributed by atoms with Gasteiger partial charge in [0.1, 0.15) is 22.7 Å². The van der Waals surface area contributed by atoms with E-state index in [4.69, 9.17) is 5.73 Å². The van der Waals surface area contributed by atoms with Gasteiger partial charge < -0.3 is 16.0 Å². The van der Waals surface area contributed by atoms with Crippen LogP contribution in [0.2, 0.25) is 0 Å². The van der Waals surface area contributed by atoms with Gasteiger partial charge >= 0.3 is 0 Å². The number of thioether (sulfide) groups is 1. The highest BCUT2D eigenvalue weighted by atomic mass is 32.2. The van der Waals surface area contributed by atoms with Gasteiger partial charge in [0, 0.05) is 23.5 Å². The lowest BCUT2D eigenvalue weighted by Crippen LogP contribution is -2.37. The number of hydrogen-bond donors (Lipinski definition) is 3. The topological polar surface area (TPSA) is 83.8 Å². The molecule has 0 amide bonds. The van der Waals surface area contributed by atoms with Gasteiger partial charge in [0.25, 0.3) is 5.56 Å². The Bertz CT molecular complexity index is 921. The Hall–Kier alpha value is -1.67. The van der Waals surface area contributed by atoms with Crippen LogP contribution in [0, 0.1) is 5.82 Å². The Kier molecular flexibility index (Phi) is 6.11. The SMILES string of the molecule is NC[C@]1(F)CC[C@H](SCc2nc3cc(NC4CCCC4)cc(F)c3c(=O)[nH]2)CC1. The van der Waals surface area contributed by atoms with Crippen LogP contribution in [0.1, 0.15) is 57.2 Å². The van der Waals surface area contributed by atoms with Crippen LogP contribution >= 0.6 is 11.8 Å². The molecule has 0 unspecified atom stereocenters. The maximum absolute atomic E-state index is 14.5. The van der Waals surface area contributed by atoms with E-state index in [-0.39, 0.29) is 11.9 Å². The molecule has 0 aliphatic heterocycles. The van der Waals surface area contributed by atoms with E-state index in [1.165, 1.54) is 18.9 Å². The molecule has 4 rings (SSSR count). The average molecular weight is 423 g/mol. The van der Waals surface area contributed by atoms with Crippen molar-refractivity contribution in [2.24, 2.45) is 5.73 Å². The van der Waals surface area contributed by atoms with Crippen LogP contribution in [0.15, 0.2) is 16.9 Å². The van der Waals surface area contributed by atoms with Gasteiger partial charge in [-0.3, -0.25) is 4.79 Å². The summed E-state index contributed by atoms with van der Waals surface area (Å²) in [5, 5.41) is 3.68. The highest BCUT2D eigenvalue weighted by Gasteiger charge is 2.34. The molecule has 0 bridgehead atoms. The molecule has 158 valence electrons. The quantitative estimate of drug-likeness (QED) is 0.648. The zero-order valence-electron chi connectivity index (χ0n) is 16.5. The van der Waals surface area contributed by atoms with Crippen molar-refractivity contribution in [2.45, 2.75) is 74.1 Å². The van der Waals surface area contributed by atoms with E-state index >= 15 is 0 Å². The summed E-state index contributed by atoms with van der Waals surface area (Å²) in [5.41, 5.74) is 4.89. The van der Waals surface area contributed by atoms with E-state index in [1.54, 1.807) is 17.8 Å². The number of H-pyrrole nitrogens is 1. The molecule has 8 heteroatoms. The maximum atomic E-state index is 14.5. The minimum absolute atomic E-state index is 0.00135. The van der Waals surface area contributed by atoms with Crippen LogP contribution in [0.25, 0.3) is 10.9 Å². The van der Waals surface area contributed by atoms with Gasteiger partial charge in [-0.1, -0.05) is 12.8 Å². The number of nitrogens with one attached hydrogen (secondary N) is 2. The summed E-state index contributed by atoms with van der Waals surface area (Å²) in [6.07, 6.45) is 7.01. The fourth-order valence-electron chi connectivity index (χ4n) is 4.41. The average Bonchev–Trinajstić information content (AvgIpc) is 3.20. The molecule has 0 radical (unpaired) electrons. The molecular weight excluding hydrogens is 394 g/mol. The first-order valence-electron chi connectivity index (χ1n) is 10.5. The smallest absolute Gasteiger partial charge is 0.261 e. The first-order chi connectivity index (χ1) is 14.0. The number of nitrogens with two attached hydrogens (primary N) is 1. The first-order valence-corrected chi connectivity index (χ1v) is 11.5. The number of benzene rings is 1. The fourth-order valence-corrected chi connectivity index (χ4v) is 5.51. The van der Waals surface area contributed by atoms with E-state index in [1.807, 2.05) is 0 Å². The van der Waals surface area contributed by atoms with Gasteiger partial charge in [-0.2, -0.15) is 11.8 Å². The number of aromatic nitrogens is 2. The van der Waals surface area contributed by atoms with Gasteiger partial charge in [0.2, 0.25) is 0 Å². The van der Waals surface area contributed by atoms with Crippen LogP contribution < -0.4 is 16.6 Å². The molecule has 0 saturated heterocycles. The molecule has 1 heterocycles. The number of nitrogens with zero attached hydrogens (tertiary/aromatic N) is 1. The van der Waals surface area contributed by atoms with E-state index in [2.05, 4.69) is 15.3 Å². The predicted molar refractivity (Wildman–Crippen MR) is 115 cm³/mol. The van der Waals surface area contributed by atoms with E-state index < -0.39 is 17.0 Å². The van der Waals surface area contributed by atoms with E-state index in [9.17, 15) is 13.6 Å². The van der Waals surface area contributed by atoms with Crippen LogP contribution in [-0.4, -0.2) is 33.5 Å². The number of aromatic amines is 1. The van der Waals surface area contributed by atoms with Crippen LogP contribution in [-0.2, 0) is 5.75 Å². The molecule has 2 fully saturated rings. The lowest BCUT2D eigenvalue weighted by Gasteiger charge is -2.32. The highest BCUT2D eigenvalue weighted by Crippen LogP contribution is 2.37. The minimum atomic E-state index is -1.23. The largest absolute Gasteiger partial charge is 0.382 e. The Balaban J connectivity index is 1.47. The number of rotatable bonds is 6. The normalized spacial score (nSPS) is 25.6. The Morgan fingerprint density at radius 1 is 1.24 bits per heavy atom. The molecule has 1 aromatic carbocycles. The zero-order chi connectivity index (χ0) is 20.4. The minimum Gasteiger partial charge on any atom is -0.382 e. The third kappa shape index (κ3) is 4.74. The lowest BCUT2D eigenvalue weighted by atomic mass is 9.86. The molecule has 4 N–H and O–H groups in total. The molecule has 2 aliphatic carbocycles. The summed E-state index contributed by atoms with van der Waals surface area (Å²) in [6, 6.07) is 3.50.